The van der Waals surface area contributed by atoms with Crippen molar-refractivity contribution in [2.75, 3.05) is 20.1 Å². The van der Waals surface area contributed by atoms with Crippen molar-refractivity contribution in [2.24, 2.45) is 14.1 Å². The van der Waals surface area contributed by atoms with Crippen LogP contribution in [0.2, 0.25) is 0 Å². The summed E-state index contributed by atoms with van der Waals surface area (Å²) in [5.41, 5.74) is 0.266. The maximum atomic E-state index is 12.7. The number of hydrogen-bond donors (Lipinski definition) is 1. The normalized spacial score (nSPS) is 17.4. The molecule has 0 unspecified atom stereocenters. The van der Waals surface area contributed by atoms with Crippen LogP contribution in [0.25, 0.3) is 11.0 Å². The summed E-state index contributed by atoms with van der Waals surface area (Å²) in [5.74, 6) is -0.207. The van der Waals surface area contributed by atoms with E-state index in [0.717, 1.165) is 24.1 Å². The molecule has 24 heavy (non-hydrogen) atoms. The molecule has 1 fully saturated rings. The van der Waals surface area contributed by atoms with E-state index in [-0.39, 0.29) is 23.3 Å². The van der Waals surface area contributed by atoms with Gasteiger partial charge in [-0.15, -0.1) is 0 Å². The van der Waals surface area contributed by atoms with Crippen LogP contribution in [0.4, 0.5) is 0 Å². The Kier molecular flexibility index (Phi) is 4.00. The maximum Gasteiger partial charge on any atom is 0.332 e. The van der Waals surface area contributed by atoms with Gasteiger partial charge in [-0.3, -0.25) is 18.7 Å². The fourth-order valence-electron chi connectivity index (χ4n) is 3.16. The summed E-state index contributed by atoms with van der Waals surface area (Å²) >= 11 is 0. The number of pyridine rings is 1. The predicted octanol–water partition coefficient (Wildman–Crippen LogP) is -0.625. The zero-order valence-corrected chi connectivity index (χ0v) is 14.3. The number of likely N-dealkylation sites (N-methyl/N-ethyl adjacent to an activating group) is 1. The molecule has 1 amide bonds. The molecule has 0 spiro atoms. The fraction of sp³-hybridized carbons (Fsp3) is 0.500. The molecule has 2 aromatic heterocycles. The first-order chi connectivity index (χ1) is 11.3. The average Bonchev–Trinajstić information content (AvgIpc) is 3.10. The maximum absolute atomic E-state index is 12.7. The second-order valence-electron chi connectivity index (χ2n) is 6.29. The molecule has 1 aliphatic rings. The van der Waals surface area contributed by atoms with Gasteiger partial charge in [0.15, 0.2) is 0 Å². The Bertz CT molecular complexity index is 937. The number of carbonyl (C=O) groups excluding carboxylic acids is 1. The highest BCUT2D eigenvalue weighted by Crippen LogP contribution is 2.16. The van der Waals surface area contributed by atoms with Crippen molar-refractivity contribution in [1.82, 2.24) is 24.3 Å². The monoisotopic (exact) mass is 331 g/mol. The smallest absolute Gasteiger partial charge is 0.332 e. The van der Waals surface area contributed by atoms with Crippen LogP contribution in [0.1, 0.15) is 22.5 Å². The highest BCUT2D eigenvalue weighted by molar-refractivity contribution is 5.95. The number of hydrogen-bond acceptors (Lipinski definition) is 5. The molecule has 3 rings (SSSR count). The summed E-state index contributed by atoms with van der Waals surface area (Å²) in [6, 6.07) is 1.75. The third kappa shape index (κ3) is 2.43. The van der Waals surface area contributed by atoms with Gasteiger partial charge >= 0.3 is 5.69 Å². The summed E-state index contributed by atoms with van der Waals surface area (Å²) < 4.78 is 2.35. The van der Waals surface area contributed by atoms with E-state index in [0.29, 0.717) is 10.9 Å². The predicted molar refractivity (Wildman–Crippen MR) is 90.3 cm³/mol. The van der Waals surface area contributed by atoms with Crippen molar-refractivity contribution in [3.05, 3.63) is 38.2 Å². The summed E-state index contributed by atoms with van der Waals surface area (Å²) in [6.07, 6.45) is 0.897. The zero-order valence-electron chi connectivity index (χ0n) is 14.3. The number of aromatic nitrogens is 3. The molecule has 1 aliphatic heterocycles. The van der Waals surface area contributed by atoms with Crippen molar-refractivity contribution in [3.63, 3.8) is 0 Å². The summed E-state index contributed by atoms with van der Waals surface area (Å²) in [5, 5.41) is 3.59. The quantitative estimate of drug-likeness (QED) is 0.792. The van der Waals surface area contributed by atoms with E-state index in [1.165, 1.54) is 11.6 Å². The molecule has 1 saturated heterocycles. The third-order valence-electron chi connectivity index (χ3n) is 4.73. The summed E-state index contributed by atoms with van der Waals surface area (Å²) in [4.78, 5) is 43.2. The molecule has 0 radical (unpaired) electrons. The van der Waals surface area contributed by atoms with Crippen LogP contribution in [0.5, 0.6) is 0 Å². The summed E-state index contributed by atoms with van der Waals surface area (Å²) in [6.45, 7) is 3.40. The first-order valence-electron chi connectivity index (χ1n) is 7.88. The number of carbonyl (C=O) groups is 1. The largest absolute Gasteiger partial charge is 0.336 e. The van der Waals surface area contributed by atoms with Gasteiger partial charge in [-0.1, -0.05) is 0 Å². The number of nitrogens with one attached hydrogen (secondary N) is 1. The number of rotatable bonds is 2. The second kappa shape index (κ2) is 5.86. The van der Waals surface area contributed by atoms with Gasteiger partial charge in [-0.25, -0.2) is 9.78 Å². The molecule has 0 bridgehead atoms. The van der Waals surface area contributed by atoms with E-state index < -0.39 is 11.2 Å². The average molecular weight is 331 g/mol. The Morgan fingerprint density at radius 2 is 2.04 bits per heavy atom. The van der Waals surface area contributed by atoms with Crippen LogP contribution in [-0.4, -0.2) is 51.1 Å². The van der Waals surface area contributed by atoms with Crippen molar-refractivity contribution < 1.29 is 4.79 Å². The van der Waals surface area contributed by atoms with Gasteiger partial charge in [0.05, 0.1) is 5.39 Å². The number of nitrogens with zero attached hydrogens (tertiary/aromatic N) is 4. The van der Waals surface area contributed by atoms with E-state index in [2.05, 4.69) is 10.3 Å². The van der Waals surface area contributed by atoms with E-state index in [1.54, 1.807) is 32.0 Å². The lowest BCUT2D eigenvalue weighted by Gasteiger charge is -2.23. The van der Waals surface area contributed by atoms with Gasteiger partial charge < -0.3 is 10.2 Å². The minimum absolute atomic E-state index is 0.128. The molecule has 128 valence electrons. The van der Waals surface area contributed by atoms with E-state index >= 15 is 0 Å². The van der Waals surface area contributed by atoms with Crippen molar-refractivity contribution >= 4 is 16.9 Å². The Morgan fingerprint density at radius 3 is 2.67 bits per heavy atom. The van der Waals surface area contributed by atoms with E-state index in [1.807, 2.05) is 0 Å². The number of aryl methyl sites for hydroxylation is 2. The first kappa shape index (κ1) is 16.4. The Labute approximate surface area is 138 Å². The van der Waals surface area contributed by atoms with Crippen LogP contribution in [0.15, 0.2) is 15.7 Å². The molecule has 3 heterocycles. The van der Waals surface area contributed by atoms with Crippen LogP contribution in [-0.2, 0) is 14.1 Å². The molecular formula is C16H21N5O3. The van der Waals surface area contributed by atoms with Gasteiger partial charge in [0.2, 0.25) is 0 Å². The molecule has 1 N–H and O–H groups in total. The highest BCUT2D eigenvalue weighted by atomic mass is 16.2. The van der Waals surface area contributed by atoms with Crippen molar-refractivity contribution in [1.29, 1.82) is 0 Å². The lowest BCUT2D eigenvalue weighted by Crippen LogP contribution is -2.40. The highest BCUT2D eigenvalue weighted by Gasteiger charge is 2.26. The molecule has 0 saturated carbocycles. The molecule has 0 aromatic carbocycles. The molecule has 8 heteroatoms. The van der Waals surface area contributed by atoms with Crippen LogP contribution >= 0.6 is 0 Å². The summed E-state index contributed by atoms with van der Waals surface area (Å²) in [7, 11) is 4.74. The molecule has 8 nitrogen and oxygen atoms in total. The zero-order chi connectivity index (χ0) is 17.6. The van der Waals surface area contributed by atoms with Crippen molar-refractivity contribution in [2.45, 2.75) is 19.4 Å². The molecule has 0 aliphatic carbocycles. The minimum Gasteiger partial charge on any atom is -0.336 e. The molecule has 2 aromatic rings. The van der Waals surface area contributed by atoms with Gasteiger partial charge in [0.25, 0.3) is 11.5 Å². The number of fused-ring (bicyclic) bond motifs is 1. The Balaban J connectivity index is 2.16. The van der Waals surface area contributed by atoms with E-state index in [9.17, 15) is 14.4 Å². The van der Waals surface area contributed by atoms with Gasteiger partial charge in [-0.2, -0.15) is 0 Å². The van der Waals surface area contributed by atoms with Gasteiger partial charge in [0, 0.05) is 33.7 Å². The second-order valence-corrected chi connectivity index (χ2v) is 6.29. The van der Waals surface area contributed by atoms with E-state index in [4.69, 9.17) is 0 Å². The van der Waals surface area contributed by atoms with Crippen molar-refractivity contribution in [3.8, 4) is 0 Å². The topological polar surface area (TPSA) is 89.2 Å². The van der Waals surface area contributed by atoms with Crippen LogP contribution in [0, 0.1) is 6.92 Å². The van der Waals surface area contributed by atoms with Gasteiger partial charge in [-0.05, 0) is 31.5 Å². The molecular weight excluding hydrogens is 310 g/mol. The Hall–Kier alpha value is -2.48. The molecule has 1 atom stereocenters. The van der Waals surface area contributed by atoms with Crippen LogP contribution in [0.3, 0.4) is 0 Å². The Morgan fingerprint density at radius 1 is 1.33 bits per heavy atom. The number of amides is 1. The first-order valence-corrected chi connectivity index (χ1v) is 7.88. The minimum atomic E-state index is -0.461. The van der Waals surface area contributed by atoms with Crippen LogP contribution < -0.4 is 16.6 Å². The third-order valence-corrected chi connectivity index (χ3v) is 4.73. The SMILES string of the molecule is Cc1cc(C(=O)N(C)[C@@H]2CCNC2)nc2c1c(=O)n(C)c(=O)n2C. The lowest BCUT2D eigenvalue weighted by atomic mass is 10.1. The van der Waals surface area contributed by atoms with Gasteiger partial charge in [0.1, 0.15) is 11.3 Å². The fourth-order valence-corrected chi connectivity index (χ4v) is 3.16. The standard InChI is InChI=1S/C16H21N5O3/c1-9-7-11(14(22)19(2)10-5-6-17-8-10)18-13-12(9)15(23)21(4)16(24)20(13)3/h7,10,17H,5-6,8H2,1-4H3/t10-/m1/s1. The lowest BCUT2D eigenvalue weighted by molar-refractivity contribution is 0.0738.